The number of carboxylic acid groups (broad SMARTS) is 1. The number of nitrogens with zero attached hydrogens (tertiary/aromatic N) is 3. The van der Waals surface area contributed by atoms with Crippen molar-refractivity contribution in [2.24, 2.45) is 11.8 Å². The highest BCUT2D eigenvalue weighted by Gasteiger charge is 2.51. The summed E-state index contributed by atoms with van der Waals surface area (Å²) in [5, 5.41) is 72.3. The minimum absolute atomic E-state index is 0. The predicted octanol–water partition coefficient (Wildman–Crippen LogP) is 2.02. The SMILES string of the molecule is CCC[C@@H]1C[C@@H](C(=O)N2CCC[C@@H]2[C@H]2OC(SC)[C@H](O)[C@H](O)C2O)N(C)C1.CCC[C@@H]1C[C@@H](C(=O)O)N(C)C1.CSC1O[C@H]([C@H]2CCCN2)C(O)[C@@H](O)[C@H]1O.CSF.Cl. The fraction of sp³-hybridized carbons (Fsp3) is 0.949. The van der Waals surface area contributed by atoms with Gasteiger partial charge in [0.1, 0.15) is 65.7 Å². The Morgan fingerprint density at radius 3 is 1.64 bits per heavy atom. The molecule has 0 aliphatic carbocycles. The van der Waals surface area contributed by atoms with Gasteiger partial charge in [-0.25, -0.2) is 0 Å². The van der Waals surface area contributed by atoms with Crippen LogP contribution in [0.1, 0.15) is 78.1 Å². The zero-order valence-corrected chi connectivity index (χ0v) is 39.0. The van der Waals surface area contributed by atoms with E-state index in [1.807, 2.05) is 30.2 Å². The van der Waals surface area contributed by atoms with Crippen LogP contribution in [0.5, 0.6) is 0 Å². The van der Waals surface area contributed by atoms with E-state index >= 15 is 0 Å². The lowest BCUT2D eigenvalue weighted by atomic mass is 9.93. The van der Waals surface area contributed by atoms with Crippen LogP contribution in [-0.4, -0.2) is 205 Å². The second-order valence-electron chi connectivity index (χ2n) is 16.5. The van der Waals surface area contributed by atoms with Crippen molar-refractivity contribution in [3.8, 4) is 0 Å². The summed E-state index contributed by atoms with van der Waals surface area (Å²) in [6, 6.07) is -0.536. The number of halogens is 2. The van der Waals surface area contributed by atoms with Crippen LogP contribution in [0, 0.1) is 11.8 Å². The molecule has 0 saturated carbocycles. The number of aliphatic hydroxyl groups excluding tert-OH is 6. The fourth-order valence-corrected chi connectivity index (χ4v) is 10.8. The van der Waals surface area contributed by atoms with Crippen molar-refractivity contribution in [2.45, 2.75) is 162 Å². The van der Waals surface area contributed by atoms with E-state index < -0.39 is 65.7 Å². The molecule has 6 fully saturated rings. The fourth-order valence-electron chi connectivity index (χ4n) is 9.40. The molecule has 15 nitrogen and oxygen atoms in total. The Morgan fingerprint density at radius 2 is 1.20 bits per heavy atom. The van der Waals surface area contributed by atoms with Gasteiger partial charge in [0.25, 0.3) is 0 Å². The number of hydrogen-bond donors (Lipinski definition) is 8. The predicted molar refractivity (Wildman–Crippen MR) is 235 cm³/mol. The summed E-state index contributed by atoms with van der Waals surface area (Å²) in [7, 11) is 3.91. The molecular formula is C39H74ClFN4O11S3. The van der Waals surface area contributed by atoms with Gasteiger partial charge in [0.05, 0.1) is 12.1 Å². The van der Waals surface area contributed by atoms with Crippen molar-refractivity contribution in [3.05, 3.63) is 0 Å². The summed E-state index contributed by atoms with van der Waals surface area (Å²) in [6.45, 7) is 7.79. The number of carbonyl (C=O) groups is 2. The molecule has 16 atom stereocenters. The van der Waals surface area contributed by atoms with Gasteiger partial charge < -0.3 is 55.4 Å². The quantitative estimate of drug-likeness (QED) is 0.157. The van der Waals surface area contributed by atoms with Crippen LogP contribution in [0.2, 0.25) is 0 Å². The summed E-state index contributed by atoms with van der Waals surface area (Å²) >= 11 is 2.91. The zero-order chi connectivity index (χ0) is 43.3. The summed E-state index contributed by atoms with van der Waals surface area (Å²) in [5.74, 6) is 0.595. The average Bonchev–Trinajstić information content (AvgIpc) is 4.03. The molecule has 4 unspecified atom stereocenters. The largest absolute Gasteiger partial charge is 0.480 e. The van der Waals surface area contributed by atoms with Crippen LogP contribution in [0.15, 0.2) is 0 Å². The molecule has 0 spiro atoms. The molecule has 0 aromatic heterocycles. The van der Waals surface area contributed by atoms with Crippen molar-refractivity contribution >= 4 is 60.0 Å². The molecule has 6 aliphatic rings. The van der Waals surface area contributed by atoms with Gasteiger partial charge in [0, 0.05) is 44.1 Å². The highest BCUT2D eigenvalue weighted by Crippen LogP contribution is 2.36. The van der Waals surface area contributed by atoms with Gasteiger partial charge in [-0.15, -0.1) is 35.9 Å². The monoisotopic (exact) mass is 924 g/mol. The number of aliphatic carboxylic acids is 1. The van der Waals surface area contributed by atoms with E-state index in [1.165, 1.54) is 29.8 Å². The first-order chi connectivity index (χ1) is 27.6. The number of carboxylic acids is 1. The van der Waals surface area contributed by atoms with E-state index in [2.05, 4.69) is 24.1 Å². The van der Waals surface area contributed by atoms with E-state index in [0.717, 1.165) is 83.8 Å². The maximum atomic E-state index is 13.3. The van der Waals surface area contributed by atoms with Crippen LogP contribution in [0.4, 0.5) is 3.89 Å². The van der Waals surface area contributed by atoms with Gasteiger partial charge >= 0.3 is 5.97 Å². The summed E-state index contributed by atoms with van der Waals surface area (Å²) < 4.78 is 21.8. The highest BCUT2D eigenvalue weighted by molar-refractivity contribution is 7.99. The number of carbonyl (C=O) groups excluding carboxylic acids is 1. The van der Waals surface area contributed by atoms with Crippen LogP contribution < -0.4 is 5.32 Å². The molecule has 6 aliphatic heterocycles. The Hall–Kier alpha value is -0.230. The number of amides is 1. The van der Waals surface area contributed by atoms with E-state index in [4.69, 9.17) is 14.6 Å². The van der Waals surface area contributed by atoms with Gasteiger partial charge in [-0.2, -0.15) is 3.89 Å². The van der Waals surface area contributed by atoms with Crippen molar-refractivity contribution in [2.75, 3.05) is 59.0 Å². The minimum atomic E-state index is -1.26. The van der Waals surface area contributed by atoms with E-state index in [0.29, 0.717) is 18.4 Å². The van der Waals surface area contributed by atoms with Gasteiger partial charge in [0.2, 0.25) is 5.91 Å². The number of nitrogens with one attached hydrogen (secondary N) is 1. The minimum Gasteiger partial charge on any atom is -0.480 e. The number of ether oxygens (including phenoxy) is 2. The first-order valence-corrected chi connectivity index (χ1v) is 24.6. The lowest BCUT2D eigenvalue weighted by Crippen LogP contribution is -2.62. The molecule has 0 bridgehead atoms. The van der Waals surface area contributed by atoms with Gasteiger partial charge in [0.15, 0.2) is 0 Å². The first kappa shape index (κ1) is 54.9. The second-order valence-corrected chi connectivity index (χ2v) is 18.7. The molecule has 6 rings (SSSR count). The molecule has 0 aromatic rings. The molecule has 6 heterocycles. The van der Waals surface area contributed by atoms with Crippen molar-refractivity contribution < 1.29 is 58.7 Å². The van der Waals surface area contributed by atoms with E-state index in [-0.39, 0.29) is 54.6 Å². The number of likely N-dealkylation sites (N-methyl/N-ethyl adjacent to an activating group) is 2. The Labute approximate surface area is 370 Å². The molecule has 6 saturated heterocycles. The maximum absolute atomic E-state index is 13.3. The molecule has 348 valence electrons. The number of likely N-dealkylation sites (tertiary alicyclic amines) is 3. The first-order valence-electron chi connectivity index (χ1n) is 20.9. The van der Waals surface area contributed by atoms with Crippen LogP contribution in [-0.2, 0) is 19.1 Å². The number of rotatable bonds is 10. The van der Waals surface area contributed by atoms with Crippen molar-refractivity contribution in [1.29, 1.82) is 0 Å². The Kier molecular flexibility index (Phi) is 25.3. The molecule has 59 heavy (non-hydrogen) atoms. The number of thioether (sulfide) groups is 2. The van der Waals surface area contributed by atoms with Crippen molar-refractivity contribution in [1.82, 2.24) is 20.0 Å². The van der Waals surface area contributed by atoms with Crippen LogP contribution in [0.25, 0.3) is 0 Å². The van der Waals surface area contributed by atoms with E-state index in [9.17, 15) is 44.1 Å². The van der Waals surface area contributed by atoms with Gasteiger partial charge in [-0.1, -0.05) is 26.7 Å². The molecular weight excluding hydrogens is 851 g/mol. The Morgan fingerprint density at radius 1 is 0.729 bits per heavy atom. The third kappa shape index (κ3) is 14.6. The van der Waals surface area contributed by atoms with Crippen molar-refractivity contribution in [3.63, 3.8) is 0 Å². The lowest BCUT2D eigenvalue weighted by Gasteiger charge is -2.44. The molecule has 0 radical (unpaired) electrons. The Bertz CT molecular complexity index is 1220. The number of hydrogen-bond acceptors (Lipinski definition) is 16. The van der Waals surface area contributed by atoms with Crippen LogP contribution in [0.3, 0.4) is 0 Å². The summed E-state index contributed by atoms with van der Waals surface area (Å²) in [6.07, 6.45) is 7.02. The smallest absolute Gasteiger partial charge is 0.320 e. The Balaban J connectivity index is 0.000000319. The lowest BCUT2D eigenvalue weighted by molar-refractivity contribution is -0.211. The maximum Gasteiger partial charge on any atom is 0.320 e. The van der Waals surface area contributed by atoms with Crippen LogP contribution >= 0.6 is 48.1 Å². The summed E-state index contributed by atoms with van der Waals surface area (Å²) in [5.41, 5.74) is -1.07. The molecule has 8 N–H and O–H groups in total. The average molecular weight is 926 g/mol. The third-order valence-electron chi connectivity index (χ3n) is 12.4. The number of aliphatic hydroxyl groups is 6. The van der Waals surface area contributed by atoms with Gasteiger partial charge in [-0.05, 0) is 96.4 Å². The zero-order valence-electron chi connectivity index (χ0n) is 35.8. The van der Waals surface area contributed by atoms with E-state index in [1.54, 1.807) is 6.26 Å². The standard InChI is InChI=1S/C19H34N2O5S.C10H19NO4S.C9H17NO2.CH3FS.ClH/c1-4-6-11-9-13(20(2)10-11)18(25)21-8-5-7-12(21)17-15(23)14(22)16(24)19(26-17)27-3;1-16-10-8(14)6(12)7(13)9(15-10)5-3-2-4-11-5;1-3-4-7-5-8(9(11)12)10(2)6-7;1-3-2;/h11-17,19,22-24H,4-10H2,1-3H3;5-14H,2-4H2,1H3;7-8H,3-6H2,1-2H3,(H,11,12);1H3;1H/t11-,12-,13+,14-,15?,16-,17-,19?;5-,6-,7?,8-,9-,10?;7-,8+;;/m111../s1. The second kappa shape index (κ2) is 27.2. The molecule has 1 amide bonds. The topological polar surface area (TPSA) is 216 Å². The highest BCUT2D eigenvalue weighted by atomic mass is 35.5. The third-order valence-corrected chi connectivity index (χ3v) is 14.1. The van der Waals surface area contributed by atoms with Gasteiger partial charge in [-0.3, -0.25) is 19.4 Å². The normalized spacial score (nSPS) is 39.9. The molecule has 20 heteroatoms. The summed E-state index contributed by atoms with van der Waals surface area (Å²) in [4.78, 5) is 30.0. The molecule has 0 aromatic carbocycles.